The molecule has 2 aliphatic rings. The molecule has 1 aromatic carbocycles. The molecule has 0 unspecified atom stereocenters. The van der Waals surface area contributed by atoms with Crippen LogP contribution in [0, 0.1) is 17.1 Å². The molecule has 0 atom stereocenters. The first kappa shape index (κ1) is 20.2. The van der Waals surface area contributed by atoms with E-state index >= 15 is 0 Å². The second-order valence-corrected chi connectivity index (χ2v) is 8.11. The van der Waals surface area contributed by atoms with Crippen LogP contribution < -0.4 is 11.1 Å². The molecule has 3 N–H and O–H groups in total. The van der Waals surface area contributed by atoms with Crippen LogP contribution in [0.4, 0.5) is 9.18 Å². The average Bonchev–Trinajstić information content (AvgIpc) is 3.07. The average molecular weight is 431 g/mol. The topological polar surface area (TPSA) is 117 Å². The summed E-state index contributed by atoms with van der Waals surface area (Å²) in [5.74, 6) is -1.26. The highest BCUT2D eigenvalue weighted by atomic mass is 35.5. The van der Waals surface area contributed by atoms with Gasteiger partial charge in [0.1, 0.15) is 11.5 Å². The molecule has 1 fully saturated rings. The Morgan fingerprint density at radius 3 is 2.73 bits per heavy atom. The normalized spacial score (nSPS) is 16.9. The van der Waals surface area contributed by atoms with Crippen LogP contribution in [0.15, 0.2) is 18.2 Å². The van der Waals surface area contributed by atoms with E-state index in [9.17, 15) is 14.0 Å². The van der Waals surface area contributed by atoms with Crippen LogP contribution in [0.25, 0.3) is 11.3 Å². The van der Waals surface area contributed by atoms with Gasteiger partial charge in [-0.05, 0) is 37.5 Å². The number of nitriles is 1. The van der Waals surface area contributed by atoms with Crippen LogP contribution in [-0.2, 0) is 13.1 Å². The van der Waals surface area contributed by atoms with E-state index in [0.29, 0.717) is 30.0 Å². The number of carbonyl (C=O) groups is 2. The highest BCUT2D eigenvalue weighted by Crippen LogP contribution is 2.35. The van der Waals surface area contributed by atoms with Crippen LogP contribution in [0.1, 0.15) is 41.7 Å². The predicted octanol–water partition coefficient (Wildman–Crippen LogP) is 2.80. The van der Waals surface area contributed by atoms with Crippen molar-refractivity contribution in [1.82, 2.24) is 20.0 Å². The fraction of sp³-hybridized carbons (Fsp3) is 0.400. The molecular weight excluding hydrogens is 411 g/mol. The largest absolute Gasteiger partial charge is 0.365 e. The van der Waals surface area contributed by atoms with Gasteiger partial charge in [0.25, 0.3) is 5.91 Å². The SMILES string of the molecule is N#CCC1(NC(=O)N2CCn3nc(-c4ccc(F)c(Cl)c4)c(C(N)=O)c3C2)CCC1. The van der Waals surface area contributed by atoms with Gasteiger partial charge in [-0.1, -0.05) is 11.6 Å². The van der Waals surface area contributed by atoms with Gasteiger partial charge in [-0.2, -0.15) is 10.4 Å². The minimum absolute atomic E-state index is 0.0850. The third-order valence-corrected chi connectivity index (χ3v) is 6.10. The molecule has 1 aliphatic heterocycles. The number of aromatic nitrogens is 2. The van der Waals surface area contributed by atoms with Gasteiger partial charge < -0.3 is 16.0 Å². The van der Waals surface area contributed by atoms with Crippen molar-refractivity contribution in [3.8, 4) is 17.3 Å². The standard InChI is InChI=1S/C20H20ClFN6O2/c21-13-10-12(2-3-14(13)22)17-16(18(24)29)15-11-27(8-9-28(15)26-17)19(30)25-20(6-7-23)4-1-5-20/h2-3,10H,1,4-6,8-9,11H2,(H2,24,29)(H,25,30). The quantitative estimate of drug-likeness (QED) is 0.775. The molecule has 10 heteroatoms. The molecule has 4 rings (SSSR count). The number of amides is 3. The lowest BCUT2D eigenvalue weighted by molar-refractivity contribution is 0.0996. The lowest BCUT2D eigenvalue weighted by Gasteiger charge is -2.42. The number of nitrogens with two attached hydrogens (primary N) is 1. The maximum atomic E-state index is 13.5. The van der Waals surface area contributed by atoms with E-state index in [1.807, 2.05) is 0 Å². The molecule has 30 heavy (non-hydrogen) atoms. The molecule has 0 radical (unpaired) electrons. The van der Waals surface area contributed by atoms with Crippen LogP contribution in [0.2, 0.25) is 5.02 Å². The van der Waals surface area contributed by atoms with E-state index in [4.69, 9.17) is 22.6 Å². The number of fused-ring (bicyclic) bond motifs is 1. The number of hydrogen-bond donors (Lipinski definition) is 2. The van der Waals surface area contributed by atoms with Crippen molar-refractivity contribution in [1.29, 1.82) is 5.26 Å². The molecule has 0 spiro atoms. The molecule has 2 aromatic rings. The highest BCUT2D eigenvalue weighted by molar-refractivity contribution is 6.31. The van der Waals surface area contributed by atoms with Crippen LogP contribution >= 0.6 is 11.6 Å². The molecule has 1 aliphatic carbocycles. The molecule has 8 nitrogen and oxygen atoms in total. The molecule has 2 heterocycles. The van der Waals surface area contributed by atoms with Crippen molar-refractivity contribution in [3.05, 3.63) is 40.3 Å². The summed E-state index contributed by atoms with van der Waals surface area (Å²) in [4.78, 5) is 26.6. The summed E-state index contributed by atoms with van der Waals surface area (Å²) in [5, 5.41) is 16.4. The molecule has 1 saturated carbocycles. The second-order valence-electron chi connectivity index (χ2n) is 7.71. The number of carbonyl (C=O) groups excluding carboxylic acids is 2. The summed E-state index contributed by atoms with van der Waals surface area (Å²) in [6, 6.07) is 5.94. The Labute approximate surface area is 177 Å². The Kier molecular flexibility index (Phi) is 5.12. The maximum absolute atomic E-state index is 13.5. The Bertz CT molecular complexity index is 1070. The van der Waals surface area contributed by atoms with Crippen molar-refractivity contribution in [3.63, 3.8) is 0 Å². The van der Waals surface area contributed by atoms with Crippen LogP contribution in [-0.4, -0.2) is 38.7 Å². The smallest absolute Gasteiger partial charge is 0.318 e. The fourth-order valence-corrected chi connectivity index (χ4v) is 4.18. The van der Waals surface area contributed by atoms with Crippen molar-refractivity contribution < 1.29 is 14.0 Å². The summed E-state index contributed by atoms with van der Waals surface area (Å²) in [5.41, 5.74) is 6.64. The van der Waals surface area contributed by atoms with E-state index in [-0.39, 0.29) is 29.6 Å². The minimum Gasteiger partial charge on any atom is -0.365 e. The third-order valence-electron chi connectivity index (χ3n) is 5.81. The molecule has 0 bridgehead atoms. The number of primary amides is 1. The van der Waals surface area contributed by atoms with Gasteiger partial charge in [-0.3, -0.25) is 9.48 Å². The van der Waals surface area contributed by atoms with Crippen LogP contribution in [0.5, 0.6) is 0 Å². The Balaban J connectivity index is 1.62. The van der Waals surface area contributed by atoms with Crippen molar-refractivity contribution in [2.45, 2.75) is 44.3 Å². The van der Waals surface area contributed by atoms with Gasteiger partial charge in [0, 0.05) is 12.1 Å². The zero-order chi connectivity index (χ0) is 21.5. The highest BCUT2D eigenvalue weighted by Gasteiger charge is 2.40. The van der Waals surface area contributed by atoms with E-state index in [1.165, 1.54) is 18.2 Å². The first-order valence-electron chi connectivity index (χ1n) is 9.62. The van der Waals surface area contributed by atoms with Gasteiger partial charge in [0.2, 0.25) is 0 Å². The lowest BCUT2D eigenvalue weighted by atomic mass is 9.75. The monoisotopic (exact) mass is 430 g/mol. The van der Waals surface area contributed by atoms with Gasteiger partial charge in [-0.15, -0.1) is 0 Å². The summed E-state index contributed by atoms with van der Waals surface area (Å²) >= 11 is 5.88. The minimum atomic E-state index is -0.686. The summed E-state index contributed by atoms with van der Waals surface area (Å²) in [6.45, 7) is 0.919. The number of halogens is 2. The van der Waals surface area contributed by atoms with Gasteiger partial charge in [0.05, 0.1) is 47.4 Å². The zero-order valence-electron chi connectivity index (χ0n) is 16.1. The summed E-state index contributed by atoms with van der Waals surface area (Å²) < 4.78 is 15.2. The van der Waals surface area contributed by atoms with Gasteiger partial charge in [0.15, 0.2) is 0 Å². The van der Waals surface area contributed by atoms with E-state index in [1.54, 1.807) is 9.58 Å². The summed E-state index contributed by atoms with van der Waals surface area (Å²) in [7, 11) is 0. The van der Waals surface area contributed by atoms with E-state index < -0.39 is 17.3 Å². The summed E-state index contributed by atoms with van der Waals surface area (Å²) in [6.07, 6.45) is 2.80. The second kappa shape index (κ2) is 7.61. The number of urea groups is 1. The van der Waals surface area contributed by atoms with Crippen molar-refractivity contribution in [2.24, 2.45) is 5.73 Å². The molecule has 0 saturated heterocycles. The fourth-order valence-electron chi connectivity index (χ4n) is 4.00. The number of nitrogens with one attached hydrogen (secondary N) is 1. The molecule has 1 aromatic heterocycles. The van der Waals surface area contributed by atoms with Crippen molar-refractivity contribution >= 4 is 23.5 Å². The molecule has 156 valence electrons. The van der Waals surface area contributed by atoms with Crippen molar-refractivity contribution in [2.75, 3.05) is 6.54 Å². The first-order chi connectivity index (χ1) is 14.3. The third kappa shape index (κ3) is 3.48. The lowest BCUT2D eigenvalue weighted by Crippen LogP contribution is -2.57. The number of rotatable bonds is 4. The Morgan fingerprint density at radius 1 is 1.37 bits per heavy atom. The zero-order valence-corrected chi connectivity index (χ0v) is 16.9. The Morgan fingerprint density at radius 2 is 2.13 bits per heavy atom. The predicted molar refractivity (Wildman–Crippen MR) is 107 cm³/mol. The number of hydrogen-bond acceptors (Lipinski definition) is 4. The van der Waals surface area contributed by atoms with E-state index in [0.717, 1.165) is 19.3 Å². The molecule has 3 amide bonds. The van der Waals surface area contributed by atoms with Crippen LogP contribution in [0.3, 0.4) is 0 Å². The molecular formula is C20H20ClFN6O2. The van der Waals surface area contributed by atoms with Gasteiger partial charge >= 0.3 is 6.03 Å². The van der Waals surface area contributed by atoms with Gasteiger partial charge in [-0.25, -0.2) is 9.18 Å². The maximum Gasteiger partial charge on any atom is 0.318 e. The Hall–Kier alpha value is -3.12. The number of nitrogens with zero attached hydrogens (tertiary/aromatic N) is 4. The van der Waals surface area contributed by atoms with E-state index in [2.05, 4.69) is 16.5 Å². The number of benzene rings is 1. The first-order valence-corrected chi connectivity index (χ1v) is 10.0.